The molecule has 1 aromatic carbocycles. The van der Waals surface area contributed by atoms with Gasteiger partial charge in [-0.3, -0.25) is 0 Å². The lowest BCUT2D eigenvalue weighted by Crippen LogP contribution is -2.38. The van der Waals surface area contributed by atoms with Gasteiger partial charge >= 0.3 is 0 Å². The van der Waals surface area contributed by atoms with Gasteiger partial charge in [0, 0.05) is 11.3 Å². The zero-order valence-corrected chi connectivity index (χ0v) is 14.3. The van der Waals surface area contributed by atoms with E-state index in [1.807, 2.05) is 44.2 Å². The van der Waals surface area contributed by atoms with Crippen LogP contribution in [0.15, 0.2) is 35.4 Å². The lowest BCUT2D eigenvalue weighted by atomic mass is 10.0. The molecule has 2 fully saturated rings. The minimum atomic E-state index is -0.810. The minimum Gasteiger partial charge on any atom is -0.393 e. The van der Waals surface area contributed by atoms with Crippen LogP contribution in [0.25, 0.3) is 10.4 Å². The zero-order valence-electron chi connectivity index (χ0n) is 14.3. The SMILES string of the molecule is CC1(C)O[C@H]2O[C@H](C[C@H](O)CN=[N+]=[N-])[C@H](OCc3ccccc3)[C@H]2O1. The van der Waals surface area contributed by atoms with Gasteiger partial charge in [-0.2, -0.15) is 0 Å². The van der Waals surface area contributed by atoms with Gasteiger partial charge in [-0.1, -0.05) is 35.4 Å². The van der Waals surface area contributed by atoms with Crippen molar-refractivity contribution in [3.63, 3.8) is 0 Å². The summed E-state index contributed by atoms with van der Waals surface area (Å²) in [5.74, 6) is -0.738. The highest BCUT2D eigenvalue weighted by Gasteiger charge is 2.55. The van der Waals surface area contributed by atoms with Gasteiger partial charge in [-0.25, -0.2) is 0 Å². The molecule has 0 radical (unpaired) electrons. The Balaban J connectivity index is 1.67. The first-order valence-corrected chi connectivity index (χ1v) is 8.34. The minimum absolute atomic E-state index is 0.00962. The molecule has 5 atom stereocenters. The lowest BCUT2D eigenvalue weighted by Gasteiger charge is -2.27. The molecule has 0 aliphatic carbocycles. The van der Waals surface area contributed by atoms with Crippen LogP contribution < -0.4 is 0 Å². The molecule has 8 heteroatoms. The fourth-order valence-corrected chi connectivity index (χ4v) is 3.18. The van der Waals surface area contributed by atoms with Gasteiger partial charge in [0.2, 0.25) is 0 Å². The average Bonchev–Trinajstić information content (AvgIpc) is 3.03. The van der Waals surface area contributed by atoms with Gasteiger partial charge in [0.1, 0.15) is 12.2 Å². The van der Waals surface area contributed by atoms with E-state index in [9.17, 15) is 5.11 Å². The third-order valence-electron chi connectivity index (χ3n) is 4.23. The maximum absolute atomic E-state index is 10.0. The molecule has 0 aromatic heterocycles. The normalized spacial score (nSPS) is 31.3. The van der Waals surface area contributed by atoms with Crippen LogP contribution in [0.1, 0.15) is 25.8 Å². The summed E-state index contributed by atoms with van der Waals surface area (Å²) in [7, 11) is 0. The van der Waals surface area contributed by atoms with Crippen molar-refractivity contribution in [3.05, 3.63) is 46.3 Å². The molecule has 136 valence electrons. The first-order valence-electron chi connectivity index (χ1n) is 8.34. The molecule has 0 bridgehead atoms. The topological polar surface area (TPSA) is 106 Å². The summed E-state index contributed by atoms with van der Waals surface area (Å²) in [5.41, 5.74) is 9.42. The van der Waals surface area contributed by atoms with Crippen LogP contribution in [0.3, 0.4) is 0 Å². The molecule has 2 heterocycles. The predicted octanol–water partition coefficient (Wildman–Crippen LogP) is 2.51. The van der Waals surface area contributed by atoms with E-state index in [1.54, 1.807) is 0 Å². The Morgan fingerprint density at radius 2 is 2.08 bits per heavy atom. The summed E-state index contributed by atoms with van der Waals surface area (Å²) in [6, 6.07) is 9.81. The van der Waals surface area contributed by atoms with Crippen molar-refractivity contribution < 1.29 is 24.1 Å². The Bertz CT molecular complexity index is 620. The number of rotatable bonds is 7. The van der Waals surface area contributed by atoms with Gasteiger partial charge in [-0.05, 0) is 24.9 Å². The van der Waals surface area contributed by atoms with Crippen molar-refractivity contribution in [2.45, 2.75) is 63.4 Å². The van der Waals surface area contributed by atoms with E-state index < -0.39 is 24.3 Å². The smallest absolute Gasteiger partial charge is 0.190 e. The lowest BCUT2D eigenvalue weighted by molar-refractivity contribution is -0.221. The molecule has 8 nitrogen and oxygen atoms in total. The van der Waals surface area contributed by atoms with Crippen LogP contribution in [-0.2, 0) is 25.6 Å². The van der Waals surface area contributed by atoms with Gasteiger partial charge in [0.05, 0.1) is 25.4 Å². The monoisotopic (exact) mass is 349 g/mol. The number of fused-ring (bicyclic) bond motifs is 1. The summed E-state index contributed by atoms with van der Waals surface area (Å²) in [4.78, 5) is 2.67. The zero-order chi connectivity index (χ0) is 17.9. The van der Waals surface area contributed by atoms with Crippen LogP contribution in [0.2, 0.25) is 0 Å². The maximum atomic E-state index is 10.0. The fraction of sp³-hybridized carbons (Fsp3) is 0.647. The van der Waals surface area contributed by atoms with E-state index >= 15 is 0 Å². The average molecular weight is 349 g/mol. The molecular formula is C17H23N3O5. The highest BCUT2D eigenvalue weighted by molar-refractivity contribution is 5.13. The number of aliphatic hydroxyl groups excluding tert-OH is 1. The quantitative estimate of drug-likeness (QED) is 0.462. The van der Waals surface area contributed by atoms with E-state index in [-0.39, 0.29) is 25.2 Å². The van der Waals surface area contributed by atoms with Crippen molar-refractivity contribution in [1.29, 1.82) is 0 Å². The van der Waals surface area contributed by atoms with E-state index in [0.29, 0.717) is 6.61 Å². The maximum Gasteiger partial charge on any atom is 0.190 e. The van der Waals surface area contributed by atoms with Gasteiger partial charge in [0.25, 0.3) is 0 Å². The molecule has 2 aliphatic heterocycles. The Hall–Kier alpha value is -1.67. The molecule has 0 saturated carbocycles. The van der Waals surface area contributed by atoms with Crippen molar-refractivity contribution in [2.24, 2.45) is 5.11 Å². The highest BCUT2D eigenvalue weighted by atomic mass is 16.8. The predicted molar refractivity (Wildman–Crippen MR) is 88.4 cm³/mol. The Morgan fingerprint density at radius 3 is 2.80 bits per heavy atom. The summed E-state index contributed by atoms with van der Waals surface area (Å²) >= 11 is 0. The van der Waals surface area contributed by atoms with Crippen molar-refractivity contribution >= 4 is 0 Å². The molecule has 2 aliphatic rings. The number of azide groups is 1. The second kappa shape index (κ2) is 7.70. The molecule has 1 aromatic rings. The molecule has 0 amide bonds. The summed E-state index contributed by atoms with van der Waals surface area (Å²) in [5, 5.41) is 13.4. The molecule has 25 heavy (non-hydrogen) atoms. The summed E-state index contributed by atoms with van der Waals surface area (Å²) in [6.45, 7) is 4.05. The summed E-state index contributed by atoms with van der Waals surface area (Å²) < 4.78 is 23.7. The largest absolute Gasteiger partial charge is 0.393 e. The van der Waals surface area contributed by atoms with Crippen LogP contribution >= 0.6 is 0 Å². The molecule has 1 N–H and O–H groups in total. The fourth-order valence-electron chi connectivity index (χ4n) is 3.18. The molecular weight excluding hydrogens is 326 g/mol. The van der Waals surface area contributed by atoms with Gasteiger partial charge in [0.15, 0.2) is 12.1 Å². The Kier molecular flexibility index (Phi) is 5.58. The number of hydrogen-bond acceptors (Lipinski definition) is 6. The number of aliphatic hydroxyl groups is 1. The second-order valence-corrected chi connectivity index (χ2v) is 6.71. The van der Waals surface area contributed by atoms with Crippen LogP contribution in [0, 0.1) is 0 Å². The molecule has 2 saturated heterocycles. The Morgan fingerprint density at radius 1 is 1.32 bits per heavy atom. The standard InChI is InChI=1S/C17H23N3O5/c1-17(2)24-15-14(22-10-11-6-4-3-5-7-11)13(23-16(15)25-17)8-12(21)9-19-20-18/h3-7,12-16,21H,8-10H2,1-2H3/t12-,13+,14-,15+,16+/m0/s1. The van der Waals surface area contributed by atoms with E-state index in [0.717, 1.165) is 5.56 Å². The van der Waals surface area contributed by atoms with Crippen LogP contribution in [-0.4, -0.2) is 48.1 Å². The van der Waals surface area contributed by atoms with Crippen molar-refractivity contribution in [2.75, 3.05) is 6.54 Å². The van der Waals surface area contributed by atoms with Crippen LogP contribution in [0.5, 0.6) is 0 Å². The number of ether oxygens (including phenoxy) is 4. The third kappa shape index (κ3) is 4.49. The third-order valence-corrected chi connectivity index (χ3v) is 4.23. The first kappa shape index (κ1) is 18.1. The summed E-state index contributed by atoms with van der Waals surface area (Å²) in [6.07, 6.45) is -2.22. The number of hydrogen-bond donors (Lipinski definition) is 1. The first-order chi connectivity index (χ1) is 12.0. The number of nitrogens with zero attached hydrogens (tertiary/aromatic N) is 3. The Labute approximate surface area is 146 Å². The highest BCUT2D eigenvalue weighted by Crippen LogP contribution is 2.40. The van der Waals surface area contributed by atoms with Gasteiger partial charge in [-0.15, -0.1) is 0 Å². The molecule has 0 unspecified atom stereocenters. The second-order valence-electron chi connectivity index (χ2n) is 6.71. The van der Waals surface area contributed by atoms with Crippen molar-refractivity contribution in [1.82, 2.24) is 0 Å². The number of benzene rings is 1. The van der Waals surface area contributed by atoms with E-state index in [4.69, 9.17) is 24.5 Å². The van der Waals surface area contributed by atoms with Gasteiger partial charge < -0.3 is 24.1 Å². The molecule has 3 rings (SSSR count). The molecule has 0 spiro atoms. The van der Waals surface area contributed by atoms with E-state index in [1.165, 1.54) is 0 Å². The van der Waals surface area contributed by atoms with E-state index in [2.05, 4.69) is 10.0 Å². The van der Waals surface area contributed by atoms with Crippen molar-refractivity contribution in [3.8, 4) is 0 Å². The van der Waals surface area contributed by atoms with Crippen LogP contribution in [0.4, 0.5) is 0 Å².